The quantitative estimate of drug-likeness (QED) is 0.906. The first-order chi connectivity index (χ1) is 9.24. The molecule has 1 aliphatic rings. The summed E-state index contributed by atoms with van der Waals surface area (Å²) in [5.41, 5.74) is 0.352. The van der Waals surface area contributed by atoms with Gasteiger partial charge in [0.1, 0.15) is 5.82 Å². The van der Waals surface area contributed by atoms with Crippen LogP contribution in [-0.4, -0.2) is 23.3 Å². The predicted molar refractivity (Wildman–Crippen MR) is 71.6 cm³/mol. The molecule has 6 heteroatoms. The maximum Gasteiger partial charge on any atom is 0.227 e. The molecule has 0 saturated carbocycles. The first kappa shape index (κ1) is 12.4. The number of hydrogen-bond donors (Lipinski definition) is 2. The van der Waals surface area contributed by atoms with E-state index in [4.69, 9.17) is 4.74 Å². The average Bonchev–Trinajstić information content (AvgIpc) is 3.01. The van der Waals surface area contributed by atoms with Crippen molar-refractivity contribution >= 4 is 22.2 Å². The smallest absolute Gasteiger partial charge is 0.227 e. The Kier molecular flexibility index (Phi) is 3.35. The summed E-state index contributed by atoms with van der Waals surface area (Å²) in [7, 11) is 0. The molecule has 0 bridgehead atoms. The second-order valence-corrected chi connectivity index (χ2v) is 5.40. The topological polar surface area (TPSA) is 54.4 Å². The van der Waals surface area contributed by atoms with Crippen molar-refractivity contribution in [2.45, 2.75) is 12.3 Å². The van der Waals surface area contributed by atoms with E-state index in [1.807, 2.05) is 0 Å². The molecule has 100 valence electrons. The molecule has 0 aliphatic carbocycles. The molecule has 2 N–H and O–H groups in total. The molecule has 2 heterocycles. The van der Waals surface area contributed by atoms with Crippen LogP contribution < -0.4 is 5.32 Å². The molecule has 19 heavy (non-hydrogen) atoms. The highest BCUT2D eigenvalue weighted by atomic mass is 32.1. The van der Waals surface area contributed by atoms with Crippen LogP contribution in [0.2, 0.25) is 0 Å². The third kappa shape index (κ3) is 2.54. The van der Waals surface area contributed by atoms with Crippen molar-refractivity contribution in [3.05, 3.63) is 35.0 Å². The SMILES string of the molecule is Oc1nc(Nc2ccccc2F)sc1[C@@H]1CCOC1. The van der Waals surface area contributed by atoms with Crippen molar-refractivity contribution in [1.82, 2.24) is 4.98 Å². The van der Waals surface area contributed by atoms with Crippen molar-refractivity contribution in [3.63, 3.8) is 0 Å². The molecule has 1 aromatic heterocycles. The Labute approximate surface area is 113 Å². The van der Waals surface area contributed by atoms with Crippen molar-refractivity contribution in [1.29, 1.82) is 0 Å². The number of nitrogens with one attached hydrogen (secondary N) is 1. The van der Waals surface area contributed by atoms with Crippen LogP contribution in [0.5, 0.6) is 5.88 Å². The minimum Gasteiger partial charge on any atom is -0.492 e. The molecule has 2 aromatic rings. The fourth-order valence-corrected chi connectivity index (χ4v) is 3.05. The molecule has 0 unspecified atom stereocenters. The van der Waals surface area contributed by atoms with E-state index >= 15 is 0 Å². The Morgan fingerprint density at radius 2 is 2.26 bits per heavy atom. The summed E-state index contributed by atoms with van der Waals surface area (Å²) in [5.74, 6) is -0.143. The first-order valence-electron chi connectivity index (χ1n) is 6.03. The third-order valence-corrected chi connectivity index (χ3v) is 4.17. The van der Waals surface area contributed by atoms with E-state index in [9.17, 15) is 9.50 Å². The number of para-hydroxylation sites is 1. The van der Waals surface area contributed by atoms with Crippen LogP contribution in [0.4, 0.5) is 15.2 Å². The number of thiazole rings is 1. The van der Waals surface area contributed by atoms with Gasteiger partial charge in [0, 0.05) is 12.5 Å². The summed E-state index contributed by atoms with van der Waals surface area (Å²) >= 11 is 1.34. The number of aromatic hydroxyl groups is 1. The van der Waals surface area contributed by atoms with Crippen molar-refractivity contribution in [2.24, 2.45) is 0 Å². The molecule has 1 saturated heterocycles. The number of ether oxygens (including phenoxy) is 1. The van der Waals surface area contributed by atoms with Gasteiger partial charge >= 0.3 is 0 Å². The van der Waals surface area contributed by atoms with E-state index in [2.05, 4.69) is 10.3 Å². The standard InChI is InChI=1S/C13H13FN2O2S/c14-9-3-1-2-4-10(9)15-13-16-12(17)11(19-13)8-5-6-18-7-8/h1-4,8,17H,5-7H2,(H,15,16)/t8-/m1/s1. The monoisotopic (exact) mass is 280 g/mol. The van der Waals surface area contributed by atoms with Crippen LogP contribution in [-0.2, 0) is 4.74 Å². The molecule has 4 nitrogen and oxygen atoms in total. The Morgan fingerprint density at radius 1 is 1.42 bits per heavy atom. The van der Waals surface area contributed by atoms with Gasteiger partial charge in [0.15, 0.2) is 5.13 Å². The van der Waals surface area contributed by atoms with Crippen LogP contribution >= 0.6 is 11.3 Å². The highest BCUT2D eigenvalue weighted by Crippen LogP contribution is 2.39. The van der Waals surface area contributed by atoms with Crippen LogP contribution in [0.3, 0.4) is 0 Å². The predicted octanol–water partition coefficient (Wildman–Crippen LogP) is 3.24. The molecule has 0 amide bonds. The molecule has 0 spiro atoms. The van der Waals surface area contributed by atoms with Gasteiger partial charge in [-0.2, -0.15) is 4.98 Å². The van der Waals surface area contributed by atoms with Gasteiger partial charge in [0.2, 0.25) is 5.88 Å². The van der Waals surface area contributed by atoms with Gasteiger partial charge < -0.3 is 15.2 Å². The van der Waals surface area contributed by atoms with E-state index in [0.717, 1.165) is 11.3 Å². The lowest BCUT2D eigenvalue weighted by Crippen LogP contribution is -1.94. The second-order valence-electron chi connectivity index (χ2n) is 4.37. The maximum absolute atomic E-state index is 13.5. The zero-order valence-electron chi connectivity index (χ0n) is 10.1. The lowest BCUT2D eigenvalue weighted by molar-refractivity contribution is 0.194. The number of nitrogens with zero attached hydrogens (tertiary/aromatic N) is 1. The molecule has 1 aromatic carbocycles. The number of halogens is 1. The largest absolute Gasteiger partial charge is 0.492 e. The first-order valence-corrected chi connectivity index (χ1v) is 6.84. The Morgan fingerprint density at radius 3 is 3.00 bits per heavy atom. The molecular weight excluding hydrogens is 267 g/mol. The zero-order chi connectivity index (χ0) is 13.2. The van der Waals surface area contributed by atoms with Crippen molar-refractivity contribution in [2.75, 3.05) is 18.5 Å². The second kappa shape index (κ2) is 5.14. The number of benzene rings is 1. The van der Waals surface area contributed by atoms with Gasteiger partial charge in [0.25, 0.3) is 0 Å². The van der Waals surface area contributed by atoms with E-state index < -0.39 is 0 Å². The summed E-state index contributed by atoms with van der Waals surface area (Å²) in [5, 5.41) is 13.2. The summed E-state index contributed by atoms with van der Waals surface area (Å²) in [4.78, 5) is 4.83. The molecule has 1 atom stereocenters. The molecule has 3 rings (SSSR count). The molecule has 1 aliphatic heterocycles. The summed E-state index contributed by atoms with van der Waals surface area (Å²) in [6, 6.07) is 6.37. The minimum atomic E-state index is -0.345. The normalized spacial score (nSPS) is 18.7. The summed E-state index contributed by atoms with van der Waals surface area (Å²) in [6.07, 6.45) is 0.884. The van der Waals surface area contributed by atoms with E-state index in [1.165, 1.54) is 17.4 Å². The lowest BCUT2D eigenvalue weighted by Gasteiger charge is -2.03. The van der Waals surface area contributed by atoms with Gasteiger partial charge in [0.05, 0.1) is 17.2 Å². The third-order valence-electron chi connectivity index (χ3n) is 3.05. The van der Waals surface area contributed by atoms with Gasteiger partial charge in [-0.1, -0.05) is 23.5 Å². The Balaban J connectivity index is 1.82. The van der Waals surface area contributed by atoms with E-state index in [1.54, 1.807) is 18.2 Å². The Hall–Kier alpha value is -1.66. The summed E-state index contributed by atoms with van der Waals surface area (Å²) in [6.45, 7) is 1.31. The van der Waals surface area contributed by atoms with E-state index in [0.29, 0.717) is 24.0 Å². The maximum atomic E-state index is 13.5. The number of anilines is 2. The van der Waals surface area contributed by atoms with Crippen LogP contribution in [0, 0.1) is 5.82 Å². The van der Waals surface area contributed by atoms with Crippen LogP contribution in [0.25, 0.3) is 0 Å². The number of hydrogen-bond acceptors (Lipinski definition) is 5. The highest BCUT2D eigenvalue weighted by Gasteiger charge is 2.24. The number of rotatable bonds is 3. The zero-order valence-corrected chi connectivity index (χ0v) is 10.9. The summed E-state index contributed by atoms with van der Waals surface area (Å²) < 4.78 is 18.8. The van der Waals surface area contributed by atoms with Crippen LogP contribution in [0.1, 0.15) is 17.2 Å². The van der Waals surface area contributed by atoms with Gasteiger partial charge in [-0.05, 0) is 18.6 Å². The minimum absolute atomic E-state index is 0.0133. The van der Waals surface area contributed by atoms with Crippen molar-refractivity contribution < 1.29 is 14.2 Å². The van der Waals surface area contributed by atoms with Gasteiger partial charge in [-0.15, -0.1) is 0 Å². The molecule has 0 radical (unpaired) electrons. The average molecular weight is 280 g/mol. The van der Waals surface area contributed by atoms with E-state index in [-0.39, 0.29) is 17.6 Å². The van der Waals surface area contributed by atoms with Crippen molar-refractivity contribution in [3.8, 4) is 5.88 Å². The fourth-order valence-electron chi connectivity index (χ4n) is 2.06. The molecule has 1 fully saturated rings. The highest BCUT2D eigenvalue weighted by molar-refractivity contribution is 7.16. The van der Waals surface area contributed by atoms with Gasteiger partial charge in [-0.3, -0.25) is 0 Å². The lowest BCUT2D eigenvalue weighted by atomic mass is 10.1. The fraction of sp³-hybridized carbons (Fsp3) is 0.308. The van der Waals surface area contributed by atoms with Gasteiger partial charge in [-0.25, -0.2) is 4.39 Å². The number of aromatic nitrogens is 1. The Bertz CT molecular complexity index is 582. The van der Waals surface area contributed by atoms with Crippen LogP contribution in [0.15, 0.2) is 24.3 Å². The molecular formula is C13H13FN2O2S.